The molecule has 0 aliphatic heterocycles. The molecule has 0 aromatic heterocycles. The summed E-state index contributed by atoms with van der Waals surface area (Å²) in [7, 11) is 1.37. The normalized spacial score (nSPS) is 11.7. The molecule has 2 N–H and O–H groups in total. The van der Waals surface area contributed by atoms with Gasteiger partial charge in [0, 0.05) is 32.9 Å². The molecule has 1 atom stereocenters. The number of carbonyl (C=O) groups excluding carboxylic acids is 4. The molecule has 0 heterocycles. The maximum absolute atomic E-state index is 12.2. The van der Waals surface area contributed by atoms with Gasteiger partial charge in [-0.15, -0.1) is 0 Å². The molecule has 0 saturated heterocycles. The molecule has 32 heavy (non-hydrogen) atoms. The fourth-order valence-corrected chi connectivity index (χ4v) is 2.30. The van der Waals surface area contributed by atoms with Gasteiger partial charge in [-0.25, -0.2) is 0 Å². The quantitative estimate of drug-likeness (QED) is 0.207. The molecule has 0 aromatic rings. The molecule has 0 rings (SSSR count). The van der Waals surface area contributed by atoms with Crippen LogP contribution in [0.5, 0.6) is 0 Å². The highest BCUT2D eigenvalue weighted by Gasteiger charge is 2.22. The van der Waals surface area contributed by atoms with E-state index in [1.807, 2.05) is 0 Å². The number of hydrogen-bond donors (Lipinski definition) is 2. The minimum absolute atomic E-state index is 0.0703. The van der Waals surface area contributed by atoms with Crippen molar-refractivity contribution in [2.45, 2.75) is 39.2 Å². The highest BCUT2D eigenvalue weighted by Crippen LogP contribution is 1.98. The van der Waals surface area contributed by atoms with Gasteiger partial charge >= 0.3 is 0 Å². The predicted octanol–water partition coefficient (Wildman–Crippen LogP) is -0.351. The van der Waals surface area contributed by atoms with Crippen molar-refractivity contribution >= 4 is 23.4 Å². The number of nitrogens with one attached hydrogen (secondary N) is 2. The monoisotopic (exact) mass is 462 g/mol. The molecule has 0 fully saturated rings. The van der Waals surface area contributed by atoms with E-state index in [-0.39, 0.29) is 44.2 Å². The molecular weight excluding hydrogens is 424 g/mol. The number of ether oxygens (including phenoxy) is 5. The van der Waals surface area contributed by atoms with Gasteiger partial charge in [0.15, 0.2) is 0 Å². The molecule has 0 aromatic carbocycles. The molecule has 0 aliphatic rings. The summed E-state index contributed by atoms with van der Waals surface area (Å²) in [5, 5.41) is 5.14. The van der Waals surface area contributed by atoms with Crippen LogP contribution in [0.1, 0.15) is 33.1 Å². The third-order valence-corrected chi connectivity index (χ3v) is 4.01. The molecule has 0 aliphatic carbocycles. The fourth-order valence-electron chi connectivity index (χ4n) is 2.30. The Kier molecular flexibility index (Phi) is 19.7. The van der Waals surface area contributed by atoms with Crippen molar-refractivity contribution < 1.29 is 42.9 Å². The van der Waals surface area contributed by atoms with Gasteiger partial charge in [-0.05, 0) is 6.92 Å². The number of hydrogen-bond acceptors (Lipinski definition) is 9. The molecule has 0 saturated carbocycles. The highest BCUT2D eigenvalue weighted by molar-refractivity contribution is 5.92. The second-order valence-electron chi connectivity index (χ2n) is 6.84. The lowest BCUT2D eigenvalue weighted by Gasteiger charge is -2.17. The van der Waals surface area contributed by atoms with Crippen molar-refractivity contribution in [1.29, 1.82) is 0 Å². The van der Waals surface area contributed by atoms with Gasteiger partial charge in [-0.2, -0.15) is 0 Å². The maximum atomic E-state index is 12.2. The molecule has 2 amide bonds. The number of ketones is 2. The van der Waals surface area contributed by atoms with Crippen molar-refractivity contribution in [2.75, 3.05) is 73.1 Å². The predicted molar refractivity (Wildman–Crippen MR) is 115 cm³/mol. The topological polar surface area (TPSA) is 138 Å². The van der Waals surface area contributed by atoms with Crippen molar-refractivity contribution in [3.05, 3.63) is 0 Å². The summed E-state index contributed by atoms with van der Waals surface area (Å²) in [6.07, 6.45) is 0.628. The van der Waals surface area contributed by atoms with E-state index in [9.17, 15) is 19.2 Å². The second-order valence-corrected chi connectivity index (χ2v) is 6.84. The Labute approximate surface area is 189 Å². The highest BCUT2D eigenvalue weighted by atomic mass is 16.6. The van der Waals surface area contributed by atoms with Crippen molar-refractivity contribution in [1.82, 2.24) is 10.6 Å². The Morgan fingerprint density at radius 3 is 1.84 bits per heavy atom. The van der Waals surface area contributed by atoms with E-state index in [2.05, 4.69) is 10.6 Å². The van der Waals surface area contributed by atoms with Crippen LogP contribution in [0.2, 0.25) is 0 Å². The summed E-state index contributed by atoms with van der Waals surface area (Å²) in [5.74, 6) is -0.934. The number of rotatable bonds is 22. The maximum Gasteiger partial charge on any atom is 0.246 e. The standard InChI is InChI=1S/C21H38N2O9/c1-4-18(25)15-19(23-20(26)16-28-3)21(27)22-6-8-30-10-12-32-14-13-31-11-9-29-7-5-17(2)24/h19H,4-16H2,1-3H3,(H,22,27)(H,23,26)/t19-/m0/s1. The summed E-state index contributed by atoms with van der Waals surface area (Å²) in [5.41, 5.74) is 0. The second kappa shape index (κ2) is 21.0. The first-order chi connectivity index (χ1) is 15.4. The number of amides is 2. The molecule has 186 valence electrons. The van der Waals surface area contributed by atoms with Gasteiger partial charge in [0.25, 0.3) is 0 Å². The fraction of sp³-hybridized carbons (Fsp3) is 0.810. The SMILES string of the molecule is CCC(=O)C[C@H](NC(=O)COC)C(=O)NCCOCCOCCOCCOCCC(C)=O. The van der Waals surface area contributed by atoms with E-state index in [0.29, 0.717) is 52.7 Å². The Hall–Kier alpha value is -1.92. The van der Waals surface area contributed by atoms with Gasteiger partial charge in [-0.3, -0.25) is 19.2 Å². The third-order valence-electron chi connectivity index (χ3n) is 4.01. The van der Waals surface area contributed by atoms with Crippen LogP contribution < -0.4 is 10.6 Å². The van der Waals surface area contributed by atoms with E-state index in [1.54, 1.807) is 6.92 Å². The van der Waals surface area contributed by atoms with Gasteiger partial charge in [0.1, 0.15) is 24.2 Å². The lowest BCUT2D eigenvalue weighted by atomic mass is 10.1. The summed E-state index contributed by atoms with van der Waals surface area (Å²) < 4.78 is 26.0. The van der Waals surface area contributed by atoms with E-state index in [0.717, 1.165) is 0 Å². The summed E-state index contributed by atoms with van der Waals surface area (Å²) in [6, 6.07) is -0.937. The van der Waals surface area contributed by atoms with Crippen LogP contribution >= 0.6 is 0 Å². The van der Waals surface area contributed by atoms with Crippen LogP contribution in [0, 0.1) is 0 Å². The van der Waals surface area contributed by atoms with Crippen LogP contribution in [-0.2, 0) is 42.9 Å². The van der Waals surface area contributed by atoms with Crippen molar-refractivity contribution in [3.8, 4) is 0 Å². The lowest BCUT2D eigenvalue weighted by molar-refractivity contribution is -0.132. The first-order valence-electron chi connectivity index (χ1n) is 10.8. The van der Waals surface area contributed by atoms with Gasteiger partial charge in [0.05, 0.1) is 52.9 Å². The molecular formula is C21H38N2O9. The Morgan fingerprint density at radius 2 is 1.34 bits per heavy atom. The molecule has 11 nitrogen and oxygen atoms in total. The minimum atomic E-state index is -0.937. The summed E-state index contributed by atoms with van der Waals surface area (Å²) in [6.45, 7) is 6.41. The first-order valence-corrected chi connectivity index (χ1v) is 10.8. The zero-order valence-electron chi connectivity index (χ0n) is 19.4. The number of carbonyl (C=O) groups is 4. The molecule has 0 bridgehead atoms. The first kappa shape index (κ1) is 30.1. The zero-order valence-corrected chi connectivity index (χ0v) is 19.4. The summed E-state index contributed by atoms with van der Waals surface area (Å²) in [4.78, 5) is 46.3. The summed E-state index contributed by atoms with van der Waals surface area (Å²) >= 11 is 0. The molecule has 0 unspecified atom stereocenters. The molecule has 11 heteroatoms. The number of methoxy groups -OCH3 is 1. The van der Waals surface area contributed by atoms with E-state index in [1.165, 1.54) is 14.0 Å². The zero-order chi connectivity index (χ0) is 24.0. The minimum Gasteiger partial charge on any atom is -0.379 e. The van der Waals surface area contributed by atoms with Gasteiger partial charge in [0.2, 0.25) is 11.8 Å². The largest absolute Gasteiger partial charge is 0.379 e. The smallest absolute Gasteiger partial charge is 0.246 e. The lowest BCUT2D eigenvalue weighted by Crippen LogP contribution is -2.49. The number of Topliss-reactive ketones (excluding diaryl/α,β-unsaturated/α-hetero) is 2. The van der Waals surface area contributed by atoms with E-state index < -0.39 is 17.9 Å². The van der Waals surface area contributed by atoms with Crippen molar-refractivity contribution in [3.63, 3.8) is 0 Å². The van der Waals surface area contributed by atoms with Crippen LogP contribution in [0.4, 0.5) is 0 Å². The van der Waals surface area contributed by atoms with Gasteiger partial charge < -0.3 is 34.3 Å². The van der Waals surface area contributed by atoms with Crippen LogP contribution in [0.3, 0.4) is 0 Å². The molecule has 0 spiro atoms. The Balaban J connectivity index is 3.71. The average Bonchev–Trinajstić information content (AvgIpc) is 2.75. The van der Waals surface area contributed by atoms with Crippen LogP contribution in [0.25, 0.3) is 0 Å². The van der Waals surface area contributed by atoms with Crippen LogP contribution in [0.15, 0.2) is 0 Å². The van der Waals surface area contributed by atoms with E-state index >= 15 is 0 Å². The Morgan fingerprint density at radius 1 is 0.812 bits per heavy atom. The molecule has 0 radical (unpaired) electrons. The average molecular weight is 463 g/mol. The Bertz CT molecular complexity index is 543. The third kappa shape index (κ3) is 18.8. The van der Waals surface area contributed by atoms with E-state index in [4.69, 9.17) is 23.7 Å². The van der Waals surface area contributed by atoms with Crippen molar-refractivity contribution in [2.24, 2.45) is 0 Å². The van der Waals surface area contributed by atoms with Crippen LogP contribution in [-0.4, -0.2) is 103 Å². The van der Waals surface area contributed by atoms with Gasteiger partial charge in [-0.1, -0.05) is 6.92 Å².